The van der Waals surface area contributed by atoms with Gasteiger partial charge < -0.3 is 5.32 Å². The van der Waals surface area contributed by atoms with Crippen molar-refractivity contribution in [1.29, 1.82) is 0 Å². The monoisotopic (exact) mass is 297 g/mol. The van der Waals surface area contributed by atoms with Crippen LogP contribution in [-0.4, -0.2) is 22.1 Å². The van der Waals surface area contributed by atoms with Crippen LogP contribution in [0.2, 0.25) is 0 Å². The van der Waals surface area contributed by atoms with E-state index in [1.54, 1.807) is 6.92 Å². The number of nitrogens with one attached hydrogen (secondary N) is 2. The minimum Gasteiger partial charge on any atom is -0.354 e. The Morgan fingerprint density at radius 2 is 1.91 bits per heavy atom. The summed E-state index contributed by atoms with van der Waals surface area (Å²) in [5, 5.41) is 11.6. The largest absolute Gasteiger partial charge is 0.354 e. The highest BCUT2D eigenvalue weighted by molar-refractivity contribution is 5.84. The molecule has 0 atom stereocenters. The van der Waals surface area contributed by atoms with E-state index in [0.717, 1.165) is 42.1 Å². The van der Waals surface area contributed by atoms with Gasteiger partial charge in [-0.1, -0.05) is 18.2 Å². The zero-order valence-corrected chi connectivity index (χ0v) is 12.6. The number of aromatic amines is 1. The second kappa shape index (κ2) is 4.66. The minimum absolute atomic E-state index is 0.0593. The lowest BCUT2D eigenvalue weighted by atomic mass is 9.49. The van der Waals surface area contributed by atoms with Crippen molar-refractivity contribution in [2.75, 3.05) is 0 Å². The van der Waals surface area contributed by atoms with E-state index in [2.05, 4.69) is 15.5 Å². The number of benzene rings is 1. The maximum atomic E-state index is 11.8. The Bertz CT molecular complexity index is 797. The SMILES string of the molecule is CC(=O)N[C@H]1CC2(C1)C[C@H](c1n[nH]c(=O)c3ccccc31)C2. The number of hydrogen-bond donors (Lipinski definition) is 2. The molecule has 2 aliphatic rings. The number of carbonyl (C=O) groups excluding carboxylic acids is 1. The molecule has 2 saturated carbocycles. The first-order valence-electron chi connectivity index (χ1n) is 7.81. The molecule has 2 fully saturated rings. The van der Waals surface area contributed by atoms with E-state index in [9.17, 15) is 9.59 Å². The van der Waals surface area contributed by atoms with Crippen molar-refractivity contribution >= 4 is 16.7 Å². The highest BCUT2D eigenvalue weighted by Crippen LogP contribution is 2.62. The average molecular weight is 297 g/mol. The van der Waals surface area contributed by atoms with Crippen molar-refractivity contribution in [1.82, 2.24) is 15.5 Å². The average Bonchev–Trinajstić information content (AvgIpc) is 2.41. The lowest BCUT2D eigenvalue weighted by Gasteiger charge is -2.57. The van der Waals surface area contributed by atoms with E-state index < -0.39 is 0 Å². The predicted octanol–water partition coefficient (Wildman–Crippen LogP) is 2.09. The molecule has 1 aromatic heterocycles. The summed E-state index contributed by atoms with van der Waals surface area (Å²) in [6.07, 6.45) is 4.35. The van der Waals surface area contributed by atoms with Gasteiger partial charge >= 0.3 is 0 Å². The van der Waals surface area contributed by atoms with Crippen LogP contribution < -0.4 is 10.9 Å². The second-order valence-corrected chi connectivity index (χ2v) is 6.89. The lowest BCUT2D eigenvalue weighted by molar-refractivity contribution is -0.122. The molecule has 1 amide bonds. The van der Waals surface area contributed by atoms with Crippen molar-refractivity contribution in [3.63, 3.8) is 0 Å². The first kappa shape index (κ1) is 13.5. The van der Waals surface area contributed by atoms with Gasteiger partial charge in [0.2, 0.25) is 5.91 Å². The zero-order chi connectivity index (χ0) is 15.3. The number of nitrogens with zero attached hydrogens (tertiary/aromatic N) is 1. The third kappa shape index (κ3) is 2.03. The minimum atomic E-state index is -0.122. The van der Waals surface area contributed by atoms with Crippen molar-refractivity contribution < 1.29 is 4.79 Å². The fourth-order valence-corrected chi connectivity index (χ4v) is 4.33. The Labute approximate surface area is 128 Å². The summed E-state index contributed by atoms with van der Waals surface area (Å²) in [6, 6.07) is 8.02. The maximum absolute atomic E-state index is 11.8. The van der Waals surface area contributed by atoms with Gasteiger partial charge in [0.25, 0.3) is 5.56 Å². The van der Waals surface area contributed by atoms with E-state index in [4.69, 9.17) is 0 Å². The molecular weight excluding hydrogens is 278 g/mol. The van der Waals surface area contributed by atoms with Gasteiger partial charge in [0.05, 0.1) is 11.1 Å². The molecule has 4 rings (SSSR count). The standard InChI is InChI=1S/C17H19N3O2/c1-10(21)18-12-8-17(9-12)6-11(7-17)15-13-4-2-3-5-14(13)16(22)20-19-15/h2-5,11-12H,6-9H2,1H3,(H,18,21)(H,20,22)/t11-,12-,17?. The lowest BCUT2D eigenvalue weighted by Crippen LogP contribution is -2.55. The van der Waals surface area contributed by atoms with Crippen LogP contribution in [0.1, 0.15) is 44.2 Å². The fraction of sp³-hybridized carbons (Fsp3) is 0.471. The fourth-order valence-electron chi connectivity index (χ4n) is 4.33. The molecule has 114 valence electrons. The molecule has 1 spiro atoms. The van der Waals surface area contributed by atoms with Gasteiger partial charge in [0.15, 0.2) is 0 Å². The predicted molar refractivity (Wildman–Crippen MR) is 83.6 cm³/mol. The number of rotatable bonds is 2. The quantitative estimate of drug-likeness (QED) is 0.891. The van der Waals surface area contributed by atoms with E-state index in [-0.39, 0.29) is 11.5 Å². The highest BCUT2D eigenvalue weighted by atomic mass is 16.1. The maximum Gasteiger partial charge on any atom is 0.272 e. The van der Waals surface area contributed by atoms with Gasteiger partial charge in [-0.05, 0) is 37.2 Å². The molecule has 2 aromatic rings. The van der Waals surface area contributed by atoms with Crippen LogP contribution in [0.25, 0.3) is 10.8 Å². The van der Waals surface area contributed by atoms with Crippen molar-refractivity contribution in [2.24, 2.45) is 5.41 Å². The number of carbonyl (C=O) groups is 1. The first-order chi connectivity index (χ1) is 10.6. The summed E-state index contributed by atoms with van der Waals surface area (Å²) in [4.78, 5) is 22.9. The normalized spacial score (nSPS) is 29.9. The molecule has 0 radical (unpaired) electrons. The molecule has 5 heteroatoms. The molecular formula is C17H19N3O2. The molecule has 0 saturated heterocycles. The summed E-state index contributed by atoms with van der Waals surface area (Å²) in [7, 11) is 0. The summed E-state index contributed by atoms with van der Waals surface area (Å²) in [6.45, 7) is 1.57. The Hall–Kier alpha value is -2.17. The Morgan fingerprint density at radius 1 is 1.23 bits per heavy atom. The van der Waals surface area contributed by atoms with E-state index in [1.807, 2.05) is 24.3 Å². The van der Waals surface area contributed by atoms with Crippen LogP contribution >= 0.6 is 0 Å². The third-order valence-electron chi connectivity index (χ3n) is 5.24. The number of H-pyrrole nitrogens is 1. The van der Waals surface area contributed by atoms with Crippen LogP contribution in [0.3, 0.4) is 0 Å². The summed E-state index contributed by atoms with van der Waals surface area (Å²) in [5.41, 5.74) is 1.28. The number of hydrogen-bond acceptors (Lipinski definition) is 3. The Morgan fingerprint density at radius 3 is 2.59 bits per heavy atom. The van der Waals surface area contributed by atoms with E-state index >= 15 is 0 Å². The Balaban J connectivity index is 1.52. The van der Waals surface area contributed by atoms with E-state index in [1.165, 1.54) is 0 Å². The second-order valence-electron chi connectivity index (χ2n) is 6.89. The first-order valence-corrected chi connectivity index (χ1v) is 7.81. The van der Waals surface area contributed by atoms with Crippen molar-refractivity contribution in [3.05, 3.63) is 40.3 Å². The number of aromatic nitrogens is 2. The zero-order valence-electron chi connectivity index (χ0n) is 12.6. The Kier molecular flexibility index (Phi) is 2.86. The summed E-state index contributed by atoms with van der Waals surface area (Å²) >= 11 is 0. The van der Waals surface area contributed by atoms with Gasteiger partial charge in [-0.15, -0.1) is 0 Å². The molecule has 1 aromatic carbocycles. The molecule has 5 nitrogen and oxygen atoms in total. The van der Waals surface area contributed by atoms with Gasteiger partial charge in [-0.2, -0.15) is 5.10 Å². The van der Waals surface area contributed by atoms with Crippen molar-refractivity contribution in [2.45, 2.75) is 44.6 Å². The molecule has 2 aliphatic carbocycles. The topological polar surface area (TPSA) is 74.8 Å². The molecule has 22 heavy (non-hydrogen) atoms. The van der Waals surface area contributed by atoms with Gasteiger partial charge in [0, 0.05) is 24.3 Å². The van der Waals surface area contributed by atoms with Crippen LogP contribution in [0.4, 0.5) is 0 Å². The van der Waals surface area contributed by atoms with Crippen molar-refractivity contribution in [3.8, 4) is 0 Å². The van der Waals surface area contributed by atoms with Crippen LogP contribution in [0.15, 0.2) is 29.1 Å². The molecule has 1 heterocycles. The van der Waals surface area contributed by atoms with E-state index in [0.29, 0.717) is 17.4 Å². The summed E-state index contributed by atoms with van der Waals surface area (Å²) in [5.74, 6) is 0.476. The molecule has 0 unspecified atom stereocenters. The molecule has 2 N–H and O–H groups in total. The summed E-state index contributed by atoms with van der Waals surface area (Å²) < 4.78 is 0. The molecule has 0 bridgehead atoms. The third-order valence-corrected chi connectivity index (χ3v) is 5.24. The smallest absolute Gasteiger partial charge is 0.272 e. The van der Waals surface area contributed by atoms with Gasteiger partial charge in [-0.3, -0.25) is 9.59 Å². The molecule has 0 aliphatic heterocycles. The van der Waals surface area contributed by atoms with Gasteiger partial charge in [0.1, 0.15) is 0 Å². The van der Waals surface area contributed by atoms with Crippen LogP contribution in [0.5, 0.6) is 0 Å². The number of amides is 1. The van der Waals surface area contributed by atoms with Crippen LogP contribution in [-0.2, 0) is 4.79 Å². The highest BCUT2D eigenvalue weighted by Gasteiger charge is 2.53. The van der Waals surface area contributed by atoms with Gasteiger partial charge in [-0.25, -0.2) is 5.10 Å². The van der Waals surface area contributed by atoms with Crippen LogP contribution in [0, 0.1) is 5.41 Å². The number of fused-ring (bicyclic) bond motifs is 1.